The zero-order valence-corrected chi connectivity index (χ0v) is 17.1. The molecule has 0 radical (unpaired) electrons. The normalized spacial score (nSPS) is 12.8. The lowest BCUT2D eigenvalue weighted by Gasteiger charge is -2.30. The van der Waals surface area contributed by atoms with Crippen LogP contribution in [0.15, 0.2) is 73.3 Å². The van der Waals surface area contributed by atoms with E-state index in [-0.39, 0.29) is 11.7 Å². The van der Waals surface area contributed by atoms with Gasteiger partial charge in [0, 0.05) is 54.6 Å². The molecule has 0 saturated heterocycles. The van der Waals surface area contributed by atoms with Gasteiger partial charge in [-0.15, -0.1) is 0 Å². The van der Waals surface area contributed by atoms with Crippen molar-refractivity contribution < 1.29 is 9.18 Å². The first-order chi connectivity index (χ1) is 15.7. The molecule has 1 aliphatic heterocycles. The lowest BCUT2D eigenvalue weighted by molar-refractivity contribution is 0.0733. The number of carbonyl (C=O) groups excluding carboxylic acids is 1. The molecular formula is C24H19FN6O. The third-order valence-corrected chi connectivity index (χ3v) is 5.28. The van der Waals surface area contributed by atoms with Crippen LogP contribution in [0, 0.1) is 5.82 Å². The summed E-state index contributed by atoms with van der Waals surface area (Å²) in [6, 6.07) is 13.4. The van der Waals surface area contributed by atoms with Crippen LogP contribution in [0.2, 0.25) is 0 Å². The van der Waals surface area contributed by atoms with Crippen molar-refractivity contribution in [2.75, 3.05) is 11.9 Å². The summed E-state index contributed by atoms with van der Waals surface area (Å²) in [6.45, 7) is 0.879. The molecule has 0 fully saturated rings. The summed E-state index contributed by atoms with van der Waals surface area (Å²) >= 11 is 0. The van der Waals surface area contributed by atoms with E-state index in [4.69, 9.17) is 9.97 Å². The molecule has 8 heteroatoms. The number of benzene rings is 1. The Balaban J connectivity index is 1.54. The molecule has 1 aromatic carbocycles. The molecule has 0 aliphatic carbocycles. The summed E-state index contributed by atoms with van der Waals surface area (Å²) in [7, 11) is 0. The molecule has 4 heterocycles. The number of halogens is 1. The Labute approximate surface area is 184 Å². The fraction of sp³-hybridized carbons (Fsp3) is 0.125. The molecule has 158 valence electrons. The van der Waals surface area contributed by atoms with Gasteiger partial charge in [0.15, 0.2) is 5.82 Å². The van der Waals surface area contributed by atoms with Crippen LogP contribution in [-0.2, 0) is 13.0 Å². The Bertz CT molecular complexity index is 1270. The van der Waals surface area contributed by atoms with Crippen molar-refractivity contribution in [2.24, 2.45) is 0 Å². The van der Waals surface area contributed by atoms with E-state index in [0.717, 1.165) is 16.8 Å². The van der Waals surface area contributed by atoms with E-state index in [1.54, 1.807) is 54.0 Å². The first-order valence-electron chi connectivity index (χ1n) is 10.2. The summed E-state index contributed by atoms with van der Waals surface area (Å²) in [4.78, 5) is 32.3. The predicted molar refractivity (Wildman–Crippen MR) is 118 cm³/mol. The van der Waals surface area contributed by atoms with E-state index in [2.05, 4.69) is 15.3 Å². The average molecular weight is 426 g/mol. The molecule has 1 amide bonds. The molecule has 1 N–H and O–H groups in total. The maximum absolute atomic E-state index is 13.8. The van der Waals surface area contributed by atoms with Gasteiger partial charge in [0.25, 0.3) is 5.91 Å². The van der Waals surface area contributed by atoms with Crippen LogP contribution in [0.5, 0.6) is 0 Å². The van der Waals surface area contributed by atoms with Crippen molar-refractivity contribution >= 4 is 17.4 Å². The number of hydrogen-bond donors (Lipinski definition) is 1. The van der Waals surface area contributed by atoms with Crippen molar-refractivity contribution in [3.63, 3.8) is 0 Å². The summed E-state index contributed by atoms with van der Waals surface area (Å²) in [5, 5.41) is 3.23. The fourth-order valence-corrected chi connectivity index (χ4v) is 3.70. The van der Waals surface area contributed by atoms with E-state index in [1.165, 1.54) is 12.1 Å². The molecule has 0 bridgehead atoms. The molecule has 4 aromatic rings. The Hall–Kier alpha value is -4.20. The SMILES string of the molecule is O=C(c1cccnc1)N1CCc2nc(-c3ccncc3)nc(Nc3cccc(F)c3)c2C1. The van der Waals surface area contributed by atoms with Gasteiger partial charge >= 0.3 is 0 Å². The topological polar surface area (TPSA) is 83.9 Å². The van der Waals surface area contributed by atoms with E-state index < -0.39 is 0 Å². The predicted octanol–water partition coefficient (Wildman–Crippen LogP) is 4.01. The number of fused-ring (bicyclic) bond motifs is 1. The molecule has 0 unspecified atom stereocenters. The van der Waals surface area contributed by atoms with E-state index in [0.29, 0.717) is 42.4 Å². The van der Waals surface area contributed by atoms with Crippen molar-refractivity contribution in [2.45, 2.75) is 13.0 Å². The molecular weight excluding hydrogens is 407 g/mol. The summed E-state index contributed by atoms with van der Waals surface area (Å²) in [6.07, 6.45) is 7.16. The highest BCUT2D eigenvalue weighted by Crippen LogP contribution is 2.30. The van der Waals surface area contributed by atoms with Gasteiger partial charge < -0.3 is 10.2 Å². The number of amides is 1. The van der Waals surface area contributed by atoms with Gasteiger partial charge in [-0.2, -0.15) is 0 Å². The van der Waals surface area contributed by atoms with E-state index in [9.17, 15) is 9.18 Å². The fourth-order valence-electron chi connectivity index (χ4n) is 3.70. The molecule has 5 rings (SSSR count). The first-order valence-corrected chi connectivity index (χ1v) is 10.2. The number of hydrogen-bond acceptors (Lipinski definition) is 6. The van der Waals surface area contributed by atoms with Gasteiger partial charge in [0.05, 0.1) is 17.8 Å². The van der Waals surface area contributed by atoms with Gasteiger partial charge in [0.1, 0.15) is 11.6 Å². The largest absolute Gasteiger partial charge is 0.340 e. The average Bonchev–Trinajstić information content (AvgIpc) is 2.84. The number of rotatable bonds is 4. The van der Waals surface area contributed by atoms with Crippen molar-refractivity contribution in [3.8, 4) is 11.4 Å². The second-order valence-electron chi connectivity index (χ2n) is 7.41. The third-order valence-electron chi connectivity index (χ3n) is 5.28. The van der Waals surface area contributed by atoms with Crippen LogP contribution in [0.4, 0.5) is 15.9 Å². The van der Waals surface area contributed by atoms with Crippen LogP contribution < -0.4 is 5.32 Å². The minimum atomic E-state index is -0.347. The van der Waals surface area contributed by atoms with Crippen LogP contribution >= 0.6 is 0 Å². The summed E-state index contributed by atoms with van der Waals surface area (Å²) < 4.78 is 13.8. The number of nitrogens with zero attached hydrogens (tertiary/aromatic N) is 5. The zero-order chi connectivity index (χ0) is 21.9. The monoisotopic (exact) mass is 426 g/mol. The Kier molecular flexibility index (Phi) is 5.25. The van der Waals surface area contributed by atoms with Crippen LogP contribution in [0.3, 0.4) is 0 Å². The molecule has 0 atom stereocenters. The minimum Gasteiger partial charge on any atom is -0.340 e. The van der Waals surface area contributed by atoms with Gasteiger partial charge in [-0.3, -0.25) is 14.8 Å². The van der Waals surface area contributed by atoms with Crippen molar-refractivity contribution in [1.29, 1.82) is 0 Å². The maximum Gasteiger partial charge on any atom is 0.255 e. The molecule has 7 nitrogen and oxygen atoms in total. The van der Waals surface area contributed by atoms with E-state index in [1.807, 2.05) is 12.1 Å². The Morgan fingerprint density at radius 1 is 1.00 bits per heavy atom. The van der Waals surface area contributed by atoms with Crippen LogP contribution in [0.25, 0.3) is 11.4 Å². The number of carbonyl (C=O) groups is 1. The summed E-state index contributed by atoms with van der Waals surface area (Å²) in [5.74, 6) is 0.660. The van der Waals surface area contributed by atoms with Crippen LogP contribution in [0.1, 0.15) is 21.6 Å². The van der Waals surface area contributed by atoms with Crippen LogP contribution in [-0.4, -0.2) is 37.3 Å². The maximum atomic E-state index is 13.8. The number of anilines is 2. The first kappa shape index (κ1) is 19.7. The standard InChI is InChI=1S/C24H19FN6O/c25-18-4-1-5-19(13-18)28-23-20-15-31(24(32)17-3-2-9-27-14-17)12-8-21(20)29-22(30-23)16-6-10-26-11-7-16/h1-7,9-11,13-14H,8,12,15H2,(H,28,29,30). The lowest BCUT2D eigenvalue weighted by atomic mass is 10.0. The van der Waals surface area contributed by atoms with Gasteiger partial charge in [-0.05, 0) is 42.5 Å². The van der Waals surface area contributed by atoms with Crippen molar-refractivity contribution in [3.05, 3.63) is 96.0 Å². The Morgan fingerprint density at radius 3 is 2.66 bits per heavy atom. The number of pyridine rings is 2. The molecule has 1 aliphatic rings. The lowest BCUT2D eigenvalue weighted by Crippen LogP contribution is -2.37. The summed E-state index contributed by atoms with van der Waals surface area (Å²) in [5.41, 5.74) is 3.61. The highest BCUT2D eigenvalue weighted by atomic mass is 19.1. The molecule has 3 aromatic heterocycles. The van der Waals surface area contributed by atoms with Gasteiger partial charge in [0.2, 0.25) is 0 Å². The number of nitrogens with one attached hydrogen (secondary N) is 1. The third kappa shape index (κ3) is 4.02. The smallest absolute Gasteiger partial charge is 0.255 e. The minimum absolute atomic E-state index is 0.0985. The molecule has 0 saturated carbocycles. The van der Waals surface area contributed by atoms with E-state index >= 15 is 0 Å². The Morgan fingerprint density at radius 2 is 1.88 bits per heavy atom. The second-order valence-corrected chi connectivity index (χ2v) is 7.41. The second kappa shape index (κ2) is 8.50. The number of aromatic nitrogens is 4. The van der Waals surface area contributed by atoms with Gasteiger partial charge in [-0.25, -0.2) is 14.4 Å². The van der Waals surface area contributed by atoms with Gasteiger partial charge in [-0.1, -0.05) is 6.07 Å². The molecule has 32 heavy (non-hydrogen) atoms. The highest BCUT2D eigenvalue weighted by molar-refractivity contribution is 5.94. The van der Waals surface area contributed by atoms with Crippen molar-refractivity contribution in [1.82, 2.24) is 24.8 Å². The zero-order valence-electron chi connectivity index (χ0n) is 17.1. The molecule has 0 spiro atoms. The highest BCUT2D eigenvalue weighted by Gasteiger charge is 2.26. The quantitative estimate of drug-likeness (QED) is 0.531.